The van der Waals surface area contributed by atoms with Gasteiger partial charge >= 0.3 is 0 Å². The SMILES string of the molecule is Cc1cccc(CO)c1OCC(O)CO. The lowest BCUT2D eigenvalue weighted by atomic mass is 10.1. The Morgan fingerprint density at radius 2 is 2.07 bits per heavy atom. The van der Waals surface area contributed by atoms with Gasteiger partial charge in [0.25, 0.3) is 0 Å². The van der Waals surface area contributed by atoms with Gasteiger partial charge in [0.05, 0.1) is 13.2 Å². The van der Waals surface area contributed by atoms with E-state index in [1.165, 1.54) is 0 Å². The molecule has 0 aromatic heterocycles. The summed E-state index contributed by atoms with van der Waals surface area (Å²) in [6.45, 7) is 1.45. The van der Waals surface area contributed by atoms with Crippen molar-refractivity contribution in [1.82, 2.24) is 0 Å². The van der Waals surface area contributed by atoms with Gasteiger partial charge in [-0.05, 0) is 12.5 Å². The monoisotopic (exact) mass is 212 g/mol. The molecule has 1 aromatic rings. The van der Waals surface area contributed by atoms with Gasteiger partial charge in [0.15, 0.2) is 0 Å². The Labute approximate surface area is 88.8 Å². The Balaban J connectivity index is 2.74. The van der Waals surface area contributed by atoms with E-state index in [-0.39, 0.29) is 19.8 Å². The lowest BCUT2D eigenvalue weighted by Crippen LogP contribution is -2.22. The van der Waals surface area contributed by atoms with E-state index >= 15 is 0 Å². The summed E-state index contributed by atoms with van der Waals surface area (Å²) in [7, 11) is 0. The van der Waals surface area contributed by atoms with Crippen LogP contribution in [0.2, 0.25) is 0 Å². The number of para-hydroxylation sites is 1. The molecule has 0 heterocycles. The highest BCUT2D eigenvalue weighted by Crippen LogP contribution is 2.23. The zero-order valence-corrected chi connectivity index (χ0v) is 8.68. The standard InChI is InChI=1S/C11H16O4/c1-8-3-2-4-9(5-12)11(8)15-7-10(14)6-13/h2-4,10,12-14H,5-7H2,1H3. The summed E-state index contributed by atoms with van der Waals surface area (Å²) in [6, 6.07) is 5.45. The predicted molar refractivity (Wildman–Crippen MR) is 55.7 cm³/mol. The molecule has 0 radical (unpaired) electrons. The second-order valence-corrected chi connectivity index (χ2v) is 3.37. The topological polar surface area (TPSA) is 69.9 Å². The van der Waals surface area contributed by atoms with E-state index in [0.717, 1.165) is 5.56 Å². The molecule has 0 amide bonds. The lowest BCUT2D eigenvalue weighted by molar-refractivity contribution is 0.0526. The van der Waals surface area contributed by atoms with Gasteiger partial charge in [-0.15, -0.1) is 0 Å². The molecule has 0 aliphatic carbocycles. The molecular formula is C11H16O4. The van der Waals surface area contributed by atoms with Crippen LogP contribution in [0.25, 0.3) is 0 Å². The normalized spacial score (nSPS) is 12.5. The van der Waals surface area contributed by atoms with Crippen LogP contribution < -0.4 is 4.74 Å². The van der Waals surface area contributed by atoms with Crippen molar-refractivity contribution in [3.05, 3.63) is 29.3 Å². The minimum absolute atomic E-state index is 0.0222. The maximum absolute atomic E-state index is 9.14. The molecule has 0 aliphatic rings. The fraction of sp³-hybridized carbons (Fsp3) is 0.455. The first-order chi connectivity index (χ1) is 7.19. The summed E-state index contributed by atoms with van der Waals surface area (Å²) in [5.41, 5.74) is 1.58. The lowest BCUT2D eigenvalue weighted by Gasteiger charge is -2.14. The van der Waals surface area contributed by atoms with Gasteiger partial charge in [0.1, 0.15) is 18.5 Å². The van der Waals surface area contributed by atoms with E-state index in [4.69, 9.17) is 20.1 Å². The maximum Gasteiger partial charge on any atom is 0.127 e. The van der Waals surface area contributed by atoms with Gasteiger partial charge in [0.2, 0.25) is 0 Å². The summed E-state index contributed by atoms with van der Waals surface area (Å²) < 4.78 is 5.34. The van der Waals surface area contributed by atoms with Crippen molar-refractivity contribution < 1.29 is 20.1 Å². The predicted octanol–water partition coefficient (Wildman–Crippen LogP) is 0.219. The highest BCUT2D eigenvalue weighted by atomic mass is 16.5. The van der Waals surface area contributed by atoms with E-state index in [0.29, 0.717) is 11.3 Å². The van der Waals surface area contributed by atoms with Crippen molar-refractivity contribution >= 4 is 0 Å². The van der Waals surface area contributed by atoms with E-state index < -0.39 is 6.10 Å². The van der Waals surface area contributed by atoms with Gasteiger partial charge in [-0.1, -0.05) is 18.2 Å². The number of benzene rings is 1. The van der Waals surface area contributed by atoms with E-state index in [1.807, 2.05) is 19.1 Å². The quantitative estimate of drug-likeness (QED) is 0.653. The van der Waals surface area contributed by atoms with Crippen LogP contribution in [-0.4, -0.2) is 34.6 Å². The maximum atomic E-state index is 9.14. The van der Waals surface area contributed by atoms with Crippen LogP contribution in [-0.2, 0) is 6.61 Å². The molecule has 0 saturated heterocycles. The number of hydrogen-bond donors (Lipinski definition) is 3. The molecule has 0 saturated carbocycles. The van der Waals surface area contributed by atoms with Crippen LogP contribution in [0.15, 0.2) is 18.2 Å². The largest absolute Gasteiger partial charge is 0.490 e. The third-order valence-corrected chi connectivity index (χ3v) is 2.09. The number of hydrogen-bond acceptors (Lipinski definition) is 4. The van der Waals surface area contributed by atoms with Gasteiger partial charge in [-0.2, -0.15) is 0 Å². The molecule has 1 unspecified atom stereocenters. The summed E-state index contributed by atoms with van der Waals surface area (Å²) in [5.74, 6) is 0.576. The van der Waals surface area contributed by atoms with Crippen molar-refractivity contribution in [2.24, 2.45) is 0 Å². The molecule has 4 nitrogen and oxygen atoms in total. The zero-order valence-electron chi connectivity index (χ0n) is 8.68. The Morgan fingerprint density at radius 3 is 2.67 bits per heavy atom. The number of ether oxygens (including phenoxy) is 1. The van der Waals surface area contributed by atoms with Crippen molar-refractivity contribution in [2.45, 2.75) is 19.6 Å². The molecule has 4 heteroatoms. The Morgan fingerprint density at radius 1 is 1.33 bits per heavy atom. The minimum atomic E-state index is -0.892. The van der Waals surface area contributed by atoms with Crippen LogP contribution in [0.3, 0.4) is 0 Å². The van der Waals surface area contributed by atoms with Crippen LogP contribution in [0, 0.1) is 6.92 Å². The fourth-order valence-electron chi connectivity index (χ4n) is 1.28. The van der Waals surface area contributed by atoms with E-state index in [1.54, 1.807) is 6.07 Å². The molecule has 0 fully saturated rings. The van der Waals surface area contributed by atoms with Gasteiger partial charge in [0, 0.05) is 5.56 Å². The fourth-order valence-corrected chi connectivity index (χ4v) is 1.28. The second kappa shape index (κ2) is 5.70. The zero-order chi connectivity index (χ0) is 11.3. The second-order valence-electron chi connectivity index (χ2n) is 3.37. The average Bonchev–Trinajstić information content (AvgIpc) is 2.26. The van der Waals surface area contributed by atoms with Crippen molar-refractivity contribution in [3.63, 3.8) is 0 Å². The summed E-state index contributed by atoms with van der Waals surface area (Å²) in [4.78, 5) is 0. The summed E-state index contributed by atoms with van der Waals surface area (Å²) in [5, 5.41) is 26.8. The van der Waals surface area contributed by atoms with Crippen molar-refractivity contribution in [2.75, 3.05) is 13.2 Å². The number of aryl methyl sites for hydroxylation is 1. The number of rotatable bonds is 5. The highest BCUT2D eigenvalue weighted by Gasteiger charge is 2.08. The van der Waals surface area contributed by atoms with Crippen LogP contribution in [0.1, 0.15) is 11.1 Å². The van der Waals surface area contributed by atoms with Crippen molar-refractivity contribution in [3.8, 4) is 5.75 Å². The number of aliphatic hydroxyl groups is 3. The van der Waals surface area contributed by atoms with Gasteiger partial charge < -0.3 is 20.1 Å². The molecule has 15 heavy (non-hydrogen) atoms. The molecule has 1 atom stereocenters. The van der Waals surface area contributed by atoms with Crippen molar-refractivity contribution in [1.29, 1.82) is 0 Å². The smallest absolute Gasteiger partial charge is 0.127 e. The van der Waals surface area contributed by atoms with E-state index in [9.17, 15) is 0 Å². The third-order valence-electron chi connectivity index (χ3n) is 2.09. The first-order valence-electron chi connectivity index (χ1n) is 4.80. The Bertz CT molecular complexity index is 311. The van der Waals surface area contributed by atoms with E-state index in [2.05, 4.69) is 0 Å². The minimum Gasteiger partial charge on any atom is -0.490 e. The van der Waals surface area contributed by atoms with Gasteiger partial charge in [-0.3, -0.25) is 0 Å². The first kappa shape index (κ1) is 12.0. The van der Waals surface area contributed by atoms with Crippen LogP contribution in [0.5, 0.6) is 5.75 Å². The molecule has 1 aromatic carbocycles. The molecule has 3 N–H and O–H groups in total. The molecule has 0 bridgehead atoms. The first-order valence-corrected chi connectivity index (χ1v) is 4.80. The van der Waals surface area contributed by atoms with Gasteiger partial charge in [-0.25, -0.2) is 0 Å². The summed E-state index contributed by atoms with van der Waals surface area (Å²) >= 11 is 0. The summed E-state index contributed by atoms with van der Waals surface area (Å²) in [6.07, 6.45) is -0.892. The number of aliphatic hydroxyl groups excluding tert-OH is 3. The Kier molecular flexibility index (Phi) is 4.55. The van der Waals surface area contributed by atoms with Crippen LogP contribution in [0.4, 0.5) is 0 Å². The third kappa shape index (κ3) is 3.20. The molecule has 1 rings (SSSR count). The molecular weight excluding hydrogens is 196 g/mol. The molecule has 0 aliphatic heterocycles. The molecule has 84 valence electrons. The highest BCUT2D eigenvalue weighted by molar-refractivity contribution is 5.40. The van der Waals surface area contributed by atoms with Crippen LogP contribution >= 0.6 is 0 Å². The Hall–Kier alpha value is -1.10. The molecule has 0 spiro atoms. The average molecular weight is 212 g/mol.